The highest BCUT2D eigenvalue weighted by atomic mass is 32.2. The largest absolute Gasteiger partial charge is 0.161 e. The molecule has 0 aliphatic heterocycles. The summed E-state index contributed by atoms with van der Waals surface area (Å²) in [5, 5.41) is 0. The third-order valence-corrected chi connectivity index (χ3v) is 5.35. The van der Waals surface area contributed by atoms with Gasteiger partial charge in [-0.25, -0.2) is 0 Å². The van der Waals surface area contributed by atoms with Crippen LogP contribution < -0.4 is 0 Å². The van der Waals surface area contributed by atoms with Gasteiger partial charge in [0.1, 0.15) is 0 Å². The molecule has 0 bridgehead atoms. The van der Waals surface area contributed by atoms with E-state index in [1.807, 2.05) is 11.8 Å². The molecule has 2 rings (SSSR count). The van der Waals surface area contributed by atoms with E-state index in [-0.39, 0.29) is 0 Å². The van der Waals surface area contributed by atoms with Crippen LogP contribution in [0.3, 0.4) is 0 Å². The summed E-state index contributed by atoms with van der Waals surface area (Å²) in [6, 6.07) is 17.8. The Kier molecular flexibility index (Phi) is 9.86. The molecular formula is C23H34S. The number of rotatable bonds is 6. The van der Waals surface area contributed by atoms with Gasteiger partial charge in [0.2, 0.25) is 0 Å². The molecule has 2 unspecified atom stereocenters. The summed E-state index contributed by atoms with van der Waals surface area (Å²) in [4.78, 5) is 0. The van der Waals surface area contributed by atoms with Gasteiger partial charge in [0.15, 0.2) is 0 Å². The number of benzene rings is 2. The van der Waals surface area contributed by atoms with Gasteiger partial charge in [-0.05, 0) is 54.5 Å². The zero-order chi connectivity index (χ0) is 17.9. The first-order chi connectivity index (χ1) is 11.5. The molecule has 1 heteroatoms. The van der Waals surface area contributed by atoms with Crippen molar-refractivity contribution in [2.75, 3.05) is 6.26 Å². The molecule has 132 valence electrons. The molecule has 0 radical (unpaired) electrons. The predicted molar refractivity (Wildman–Crippen MR) is 112 cm³/mol. The molecule has 0 aliphatic rings. The summed E-state index contributed by atoms with van der Waals surface area (Å²) in [6.07, 6.45) is 4.59. The molecule has 0 saturated heterocycles. The van der Waals surface area contributed by atoms with Crippen molar-refractivity contribution < 1.29 is 0 Å². The molecule has 0 aliphatic carbocycles. The topological polar surface area (TPSA) is 0 Å². The second kappa shape index (κ2) is 11.4. The Bertz CT molecular complexity index is 554. The number of hydrogen-bond acceptors (Lipinski definition) is 1. The van der Waals surface area contributed by atoms with E-state index in [1.165, 1.54) is 35.1 Å². The molecule has 0 amide bonds. The summed E-state index contributed by atoms with van der Waals surface area (Å²) < 4.78 is 0. The van der Waals surface area contributed by atoms with Crippen LogP contribution in [0.15, 0.2) is 48.5 Å². The van der Waals surface area contributed by atoms with Crippen molar-refractivity contribution in [1.82, 2.24) is 0 Å². The summed E-state index contributed by atoms with van der Waals surface area (Å²) in [5.74, 6) is 2.53. The van der Waals surface area contributed by atoms with Gasteiger partial charge in [0.25, 0.3) is 0 Å². The van der Waals surface area contributed by atoms with E-state index in [2.05, 4.69) is 89.4 Å². The monoisotopic (exact) mass is 342 g/mol. The van der Waals surface area contributed by atoms with E-state index < -0.39 is 0 Å². The lowest BCUT2D eigenvalue weighted by molar-refractivity contribution is 0.733. The molecule has 2 atom stereocenters. The summed E-state index contributed by atoms with van der Waals surface area (Å²) in [5.41, 5.74) is 5.70. The van der Waals surface area contributed by atoms with Crippen LogP contribution in [0.1, 0.15) is 74.6 Å². The van der Waals surface area contributed by atoms with Gasteiger partial charge in [-0.15, -0.1) is 0 Å². The second-order valence-corrected chi connectivity index (χ2v) is 7.57. The summed E-state index contributed by atoms with van der Waals surface area (Å²) in [7, 11) is 0. The maximum atomic E-state index is 2.28. The average molecular weight is 343 g/mol. The third kappa shape index (κ3) is 7.13. The van der Waals surface area contributed by atoms with Gasteiger partial charge in [0, 0.05) is 5.75 Å². The Morgan fingerprint density at radius 2 is 1.17 bits per heavy atom. The van der Waals surface area contributed by atoms with Crippen LogP contribution in [-0.4, -0.2) is 6.26 Å². The van der Waals surface area contributed by atoms with Gasteiger partial charge in [-0.3, -0.25) is 0 Å². The first-order valence-electron chi connectivity index (χ1n) is 9.16. The van der Waals surface area contributed by atoms with Crippen LogP contribution >= 0.6 is 11.8 Å². The quantitative estimate of drug-likeness (QED) is 0.521. The molecule has 2 aromatic carbocycles. The van der Waals surface area contributed by atoms with Crippen LogP contribution in [0.4, 0.5) is 0 Å². The van der Waals surface area contributed by atoms with Gasteiger partial charge in [-0.2, -0.15) is 11.8 Å². The zero-order valence-corrected chi connectivity index (χ0v) is 17.1. The van der Waals surface area contributed by atoms with Gasteiger partial charge in [0.05, 0.1) is 0 Å². The molecule has 0 N–H and O–H groups in total. The maximum Gasteiger partial charge on any atom is 0.0181 e. The SMILES string of the molecule is CCC(C)c1ccc(C)cc1.CCC(C)c1ccc(CSC)cc1. The van der Waals surface area contributed by atoms with E-state index in [0.29, 0.717) is 11.8 Å². The fourth-order valence-corrected chi connectivity index (χ4v) is 3.00. The molecule has 0 fully saturated rings. The second-order valence-electron chi connectivity index (χ2n) is 6.70. The predicted octanol–water partition coefficient (Wildman–Crippen LogP) is 7.57. The first-order valence-corrected chi connectivity index (χ1v) is 10.5. The lowest BCUT2D eigenvalue weighted by Gasteiger charge is -2.09. The van der Waals surface area contributed by atoms with E-state index in [1.54, 1.807) is 0 Å². The van der Waals surface area contributed by atoms with Gasteiger partial charge < -0.3 is 0 Å². The summed E-state index contributed by atoms with van der Waals surface area (Å²) in [6.45, 7) is 11.1. The van der Waals surface area contributed by atoms with Crippen molar-refractivity contribution >= 4 is 11.8 Å². The fraction of sp³-hybridized carbons (Fsp3) is 0.478. The molecular weight excluding hydrogens is 308 g/mol. The zero-order valence-electron chi connectivity index (χ0n) is 16.3. The van der Waals surface area contributed by atoms with Crippen molar-refractivity contribution in [1.29, 1.82) is 0 Å². The Morgan fingerprint density at radius 3 is 1.54 bits per heavy atom. The molecule has 0 saturated carbocycles. The van der Waals surface area contributed by atoms with Crippen molar-refractivity contribution in [2.24, 2.45) is 0 Å². The minimum absolute atomic E-state index is 0.698. The molecule has 2 aromatic rings. The highest BCUT2D eigenvalue weighted by Crippen LogP contribution is 2.20. The van der Waals surface area contributed by atoms with Crippen molar-refractivity contribution in [3.05, 3.63) is 70.8 Å². The number of thioether (sulfide) groups is 1. The third-order valence-electron chi connectivity index (χ3n) is 4.73. The van der Waals surface area contributed by atoms with Crippen LogP contribution in [0.25, 0.3) is 0 Å². The van der Waals surface area contributed by atoms with Gasteiger partial charge in [-0.1, -0.05) is 81.8 Å². The molecule has 24 heavy (non-hydrogen) atoms. The van der Waals surface area contributed by atoms with Crippen molar-refractivity contribution in [3.63, 3.8) is 0 Å². The van der Waals surface area contributed by atoms with E-state index in [4.69, 9.17) is 0 Å². The van der Waals surface area contributed by atoms with Crippen molar-refractivity contribution in [2.45, 2.75) is 65.0 Å². The average Bonchev–Trinajstić information content (AvgIpc) is 2.62. The Balaban J connectivity index is 0.000000243. The molecule has 0 aromatic heterocycles. The first kappa shape index (κ1) is 20.8. The molecule has 0 nitrogen and oxygen atoms in total. The van der Waals surface area contributed by atoms with E-state index in [0.717, 1.165) is 5.75 Å². The van der Waals surface area contributed by atoms with E-state index in [9.17, 15) is 0 Å². The molecule has 0 spiro atoms. The lowest BCUT2D eigenvalue weighted by Crippen LogP contribution is -1.91. The van der Waals surface area contributed by atoms with Crippen LogP contribution in [0.2, 0.25) is 0 Å². The Labute approximate surface area is 154 Å². The highest BCUT2D eigenvalue weighted by Gasteiger charge is 2.01. The van der Waals surface area contributed by atoms with E-state index >= 15 is 0 Å². The Morgan fingerprint density at radius 1 is 0.750 bits per heavy atom. The minimum atomic E-state index is 0.698. The van der Waals surface area contributed by atoms with Gasteiger partial charge >= 0.3 is 0 Å². The van der Waals surface area contributed by atoms with Crippen LogP contribution in [-0.2, 0) is 5.75 Å². The minimum Gasteiger partial charge on any atom is -0.161 e. The van der Waals surface area contributed by atoms with Crippen molar-refractivity contribution in [3.8, 4) is 0 Å². The number of aryl methyl sites for hydroxylation is 1. The highest BCUT2D eigenvalue weighted by molar-refractivity contribution is 7.97. The normalized spacial score (nSPS) is 12.9. The fourth-order valence-electron chi connectivity index (χ4n) is 2.48. The maximum absolute atomic E-state index is 2.28. The molecule has 0 heterocycles. The van der Waals surface area contributed by atoms with Crippen LogP contribution in [0, 0.1) is 6.92 Å². The smallest absolute Gasteiger partial charge is 0.0181 e. The standard InChI is InChI=1S/C12H18S.C11H16/c1-4-10(2)12-7-5-11(6-8-12)9-13-3;1-4-10(3)11-7-5-9(2)6-8-11/h5-8,10H,4,9H2,1-3H3;5-8,10H,4H2,1-3H3. The summed E-state index contributed by atoms with van der Waals surface area (Å²) >= 11 is 1.87. The Hall–Kier alpha value is -1.21. The van der Waals surface area contributed by atoms with Crippen LogP contribution in [0.5, 0.6) is 0 Å². The number of hydrogen-bond donors (Lipinski definition) is 0. The lowest BCUT2D eigenvalue weighted by atomic mass is 9.98.